The zero-order valence-electron chi connectivity index (χ0n) is 15.6. The smallest absolute Gasteiger partial charge is 0.388 e. The molecule has 1 aromatic rings. The molecule has 0 bridgehead atoms. The highest BCUT2D eigenvalue weighted by molar-refractivity contribution is 5.89. The van der Waals surface area contributed by atoms with E-state index in [0.717, 1.165) is 38.3 Å². The fourth-order valence-corrected chi connectivity index (χ4v) is 3.37. The van der Waals surface area contributed by atoms with Crippen molar-refractivity contribution in [1.29, 1.82) is 0 Å². The first-order chi connectivity index (χ1) is 13.2. The molecule has 0 spiro atoms. The molecule has 2 amide bonds. The highest BCUT2D eigenvalue weighted by Gasteiger charge is 2.38. The minimum absolute atomic E-state index is 0.0229. The van der Waals surface area contributed by atoms with Gasteiger partial charge in [0.2, 0.25) is 0 Å². The number of anilines is 1. The number of carbonyl (C=O) groups excluding carboxylic acids is 1. The number of urea groups is 1. The number of nitrogens with one attached hydrogen (secondary N) is 2. The SMILES string of the molecule is CN1CCN(C[C@@H]2OC[C@H](NC(=O)Nc3cccc(C(F)(F)F)c3)[C@H]2O)CC1. The highest BCUT2D eigenvalue weighted by Crippen LogP contribution is 2.30. The molecular formula is C18H25F3N4O3. The highest BCUT2D eigenvalue weighted by atomic mass is 19.4. The second-order valence-corrected chi connectivity index (χ2v) is 7.25. The maximum absolute atomic E-state index is 12.8. The summed E-state index contributed by atoms with van der Waals surface area (Å²) < 4.78 is 43.9. The molecule has 2 aliphatic heterocycles. The lowest BCUT2D eigenvalue weighted by Gasteiger charge is -2.34. The number of hydrogen-bond acceptors (Lipinski definition) is 5. The maximum Gasteiger partial charge on any atom is 0.416 e. The summed E-state index contributed by atoms with van der Waals surface area (Å²) in [4.78, 5) is 16.6. The molecule has 0 radical (unpaired) electrons. The number of benzene rings is 1. The second-order valence-electron chi connectivity index (χ2n) is 7.25. The number of hydrogen-bond donors (Lipinski definition) is 3. The maximum atomic E-state index is 12.8. The van der Waals surface area contributed by atoms with Gasteiger partial charge in [-0.15, -0.1) is 0 Å². The Morgan fingerprint density at radius 1 is 1.29 bits per heavy atom. The molecule has 0 aromatic heterocycles. The molecule has 2 saturated heterocycles. The lowest BCUT2D eigenvalue weighted by atomic mass is 10.1. The molecule has 7 nitrogen and oxygen atoms in total. The molecule has 2 fully saturated rings. The second kappa shape index (κ2) is 8.64. The molecule has 2 heterocycles. The van der Waals surface area contributed by atoms with Gasteiger partial charge in [-0.25, -0.2) is 4.79 Å². The molecule has 10 heteroatoms. The molecule has 2 aliphatic rings. The quantitative estimate of drug-likeness (QED) is 0.706. The van der Waals surface area contributed by atoms with Crippen LogP contribution in [-0.4, -0.2) is 85.6 Å². The largest absolute Gasteiger partial charge is 0.416 e. The first-order valence-electron chi connectivity index (χ1n) is 9.18. The Labute approximate surface area is 161 Å². The van der Waals surface area contributed by atoms with Gasteiger partial charge < -0.3 is 25.4 Å². The molecule has 0 aliphatic carbocycles. The lowest BCUT2D eigenvalue weighted by Crippen LogP contribution is -2.51. The predicted molar refractivity (Wildman–Crippen MR) is 97.1 cm³/mol. The number of likely N-dealkylation sites (N-methyl/N-ethyl adjacent to an activating group) is 1. The third kappa shape index (κ3) is 5.34. The molecule has 156 valence electrons. The summed E-state index contributed by atoms with van der Waals surface area (Å²) in [6.07, 6.45) is -5.78. The molecule has 3 rings (SSSR count). The number of ether oxygens (including phenoxy) is 1. The number of rotatable bonds is 4. The van der Waals surface area contributed by atoms with Crippen LogP contribution in [0.2, 0.25) is 0 Å². The van der Waals surface area contributed by atoms with Crippen molar-refractivity contribution in [2.24, 2.45) is 0 Å². The summed E-state index contributed by atoms with van der Waals surface area (Å²) in [5.41, 5.74) is -0.823. The van der Waals surface area contributed by atoms with E-state index in [1.54, 1.807) is 0 Å². The number of halogens is 3. The van der Waals surface area contributed by atoms with Crippen molar-refractivity contribution in [1.82, 2.24) is 15.1 Å². The van der Waals surface area contributed by atoms with Gasteiger partial charge in [0.15, 0.2) is 0 Å². The minimum Gasteiger partial charge on any atom is -0.388 e. The number of alkyl halides is 3. The Bertz CT molecular complexity index is 680. The number of aliphatic hydroxyl groups is 1. The van der Waals surface area contributed by atoms with E-state index in [4.69, 9.17) is 4.74 Å². The Kier molecular flexibility index (Phi) is 6.43. The van der Waals surface area contributed by atoms with Crippen molar-refractivity contribution >= 4 is 11.7 Å². The van der Waals surface area contributed by atoms with Crippen LogP contribution in [0, 0.1) is 0 Å². The van der Waals surface area contributed by atoms with Crippen molar-refractivity contribution in [2.45, 2.75) is 24.4 Å². The summed E-state index contributed by atoms with van der Waals surface area (Å²) in [6, 6.07) is 3.07. The van der Waals surface area contributed by atoms with Gasteiger partial charge in [-0.2, -0.15) is 13.2 Å². The summed E-state index contributed by atoms with van der Waals surface area (Å²) in [7, 11) is 2.06. The van der Waals surface area contributed by atoms with Crippen LogP contribution in [0.1, 0.15) is 5.56 Å². The van der Waals surface area contributed by atoms with E-state index in [1.165, 1.54) is 12.1 Å². The van der Waals surface area contributed by atoms with Gasteiger partial charge in [0.25, 0.3) is 0 Å². The fraction of sp³-hybridized carbons (Fsp3) is 0.611. The topological polar surface area (TPSA) is 77.1 Å². The average Bonchev–Trinajstić information content (AvgIpc) is 2.96. The van der Waals surface area contributed by atoms with Gasteiger partial charge in [-0.05, 0) is 25.2 Å². The Morgan fingerprint density at radius 3 is 2.68 bits per heavy atom. The first kappa shape index (κ1) is 20.8. The first-order valence-corrected chi connectivity index (χ1v) is 9.18. The zero-order chi connectivity index (χ0) is 20.3. The lowest BCUT2D eigenvalue weighted by molar-refractivity contribution is -0.137. The van der Waals surface area contributed by atoms with Crippen molar-refractivity contribution in [3.8, 4) is 0 Å². The van der Waals surface area contributed by atoms with E-state index in [2.05, 4.69) is 27.5 Å². The van der Waals surface area contributed by atoms with Gasteiger partial charge in [0, 0.05) is 38.4 Å². The van der Waals surface area contributed by atoms with Crippen LogP contribution in [0.5, 0.6) is 0 Å². The number of nitrogens with zero attached hydrogens (tertiary/aromatic N) is 2. The van der Waals surface area contributed by atoms with Crippen LogP contribution in [0.15, 0.2) is 24.3 Å². The van der Waals surface area contributed by atoms with E-state index in [1.807, 2.05) is 0 Å². The summed E-state index contributed by atoms with van der Waals surface area (Å²) in [5.74, 6) is 0. The van der Waals surface area contributed by atoms with E-state index in [0.29, 0.717) is 6.54 Å². The predicted octanol–water partition coefficient (Wildman–Crippen LogP) is 1.20. The molecule has 28 heavy (non-hydrogen) atoms. The van der Waals surface area contributed by atoms with Crippen molar-refractivity contribution < 1.29 is 27.8 Å². The summed E-state index contributed by atoms with van der Waals surface area (Å²) in [6.45, 7) is 4.39. The number of aliphatic hydroxyl groups excluding tert-OH is 1. The van der Waals surface area contributed by atoms with E-state index >= 15 is 0 Å². The van der Waals surface area contributed by atoms with Crippen LogP contribution in [0.3, 0.4) is 0 Å². The monoisotopic (exact) mass is 402 g/mol. The molecule has 3 N–H and O–H groups in total. The Morgan fingerprint density at radius 2 is 2.00 bits per heavy atom. The van der Waals surface area contributed by atoms with E-state index in [9.17, 15) is 23.1 Å². The van der Waals surface area contributed by atoms with Gasteiger partial charge in [0.05, 0.1) is 24.3 Å². The van der Waals surface area contributed by atoms with Gasteiger partial charge in [-0.3, -0.25) is 4.90 Å². The number of carbonyl (C=O) groups is 1. The number of piperazine rings is 1. The molecule has 3 atom stereocenters. The van der Waals surface area contributed by atoms with Crippen molar-refractivity contribution in [2.75, 3.05) is 51.7 Å². The summed E-state index contributed by atoms with van der Waals surface area (Å²) >= 11 is 0. The Balaban J connectivity index is 1.49. The van der Waals surface area contributed by atoms with Crippen LogP contribution in [0.25, 0.3) is 0 Å². The van der Waals surface area contributed by atoms with Gasteiger partial charge in [-0.1, -0.05) is 6.07 Å². The third-order valence-corrected chi connectivity index (χ3v) is 5.08. The van der Waals surface area contributed by atoms with Gasteiger partial charge >= 0.3 is 12.2 Å². The normalized spacial score (nSPS) is 27.0. The Hall–Kier alpha value is -1.88. The summed E-state index contributed by atoms with van der Waals surface area (Å²) in [5, 5.41) is 15.4. The molecular weight excluding hydrogens is 377 g/mol. The molecule has 0 saturated carbocycles. The molecule has 0 unspecified atom stereocenters. The van der Waals surface area contributed by atoms with Crippen LogP contribution in [0.4, 0.5) is 23.7 Å². The standard InChI is InChI=1S/C18H25F3N4O3/c1-24-5-7-25(8-6-24)10-15-16(26)14(11-28-15)23-17(27)22-13-4-2-3-12(9-13)18(19,20)21/h2-4,9,14-16,26H,5-8,10-11H2,1H3,(H2,22,23,27)/t14-,15-,16+/m0/s1. The van der Waals surface area contributed by atoms with Crippen LogP contribution >= 0.6 is 0 Å². The van der Waals surface area contributed by atoms with Crippen LogP contribution < -0.4 is 10.6 Å². The van der Waals surface area contributed by atoms with Crippen molar-refractivity contribution in [3.63, 3.8) is 0 Å². The molecule has 1 aromatic carbocycles. The van der Waals surface area contributed by atoms with E-state index in [-0.39, 0.29) is 12.3 Å². The number of amides is 2. The fourth-order valence-electron chi connectivity index (χ4n) is 3.37. The van der Waals surface area contributed by atoms with E-state index < -0.39 is 36.0 Å². The third-order valence-electron chi connectivity index (χ3n) is 5.08. The van der Waals surface area contributed by atoms with Crippen LogP contribution in [-0.2, 0) is 10.9 Å². The minimum atomic E-state index is -4.49. The van der Waals surface area contributed by atoms with Gasteiger partial charge in [0.1, 0.15) is 6.10 Å². The average molecular weight is 402 g/mol. The van der Waals surface area contributed by atoms with Crippen molar-refractivity contribution in [3.05, 3.63) is 29.8 Å². The zero-order valence-corrected chi connectivity index (χ0v) is 15.6.